The van der Waals surface area contributed by atoms with Gasteiger partial charge < -0.3 is 5.32 Å². The molecule has 0 aliphatic rings. The van der Waals surface area contributed by atoms with Crippen LogP contribution >= 0.6 is 0 Å². The standard InChI is InChI=1S/C26H18F3N5O/c27-26(28,29)22-10-4-5-11-23(22)32-25(35)20(14-30)13-21-17-34(16-18-7-2-1-3-8-18)33-24(21)19-9-6-12-31-15-19/h1-13,15,17H,16H2,(H,32,35)/b20-13+. The molecule has 0 bridgehead atoms. The summed E-state index contributed by atoms with van der Waals surface area (Å²) in [4.78, 5) is 16.9. The zero-order valence-corrected chi connectivity index (χ0v) is 18.2. The van der Waals surface area contributed by atoms with Crippen LogP contribution in [0, 0.1) is 11.3 Å². The van der Waals surface area contributed by atoms with Gasteiger partial charge in [-0.15, -0.1) is 0 Å². The Morgan fingerprint density at radius 3 is 2.49 bits per heavy atom. The molecule has 0 spiro atoms. The van der Waals surface area contributed by atoms with Crippen LogP contribution in [0.4, 0.5) is 18.9 Å². The minimum Gasteiger partial charge on any atom is -0.321 e. The molecule has 0 radical (unpaired) electrons. The maximum Gasteiger partial charge on any atom is 0.418 e. The van der Waals surface area contributed by atoms with Crippen molar-refractivity contribution in [1.29, 1.82) is 5.26 Å². The van der Waals surface area contributed by atoms with E-state index >= 15 is 0 Å². The Bertz CT molecular complexity index is 1400. The maximum absolute atomic E-state index is 13.3. The molecule has 4 aromatic rings. The summed E-state index contributed by atoms with van der Waals surface area (Å²) in [5, 5.41) is 16.4. The van der Waals surface area contributed by atoms with Crippen LogP contribution in [0.1, 0.15) is 16.7 Å². The summed E-state index contributed by atoms with van der Waals surface area (Å²) in [6, 6.07) is 19.5. The van der Waals surface area contributed by atoms with E-state index in [0.29, 0.717) is 23.4 Å². The third-order valence-electron chi connectivity index (χ3n) is 5.06. The van der Waals surface area contributed by atoms with E-state index < -0.39 is 23.3 Å². The van der Waals surface area contributed by atoms with Gasteiger partial charge in [-0.25, -0.2) is 0 Å². The Morgan fingerprint density at radius 2 is 1.80 bits per heavy atom. The molecule has 2 aromatic carbocycles. The summed E-state index contributed by atoms with van der Waals surface area (Å²) in [5.74, 6) is -0.961. The maximum atomic E-state index is 13.3. The molecule has 0 saturated carbocycles. The number of amides is 1. The van der Waals surface area contributed by atoms with Gasteiger partial charge in [0, 0.05) is 29.7 Å². The van der Waals surface area contributed by atoms with Crippen molar-refractivity contribution >= 4 is 17.7 Å². The molecule has 0 atom stereocenters. The van der Waals surface area contributed by atoms with Crippen molar-refractivity contribution < 1.29 is 18.0 Å². The average molecular weight is 473 g/mol. The number of halogens is 3. The lowest BCUT2D eigenvalue weighted by Crippen LogP contribution is -2.17. The number of hydrogen-bond donors (Lipinski definition) is 1. The van der Waals surface area contributed by atoms with Crippen molar-refractivity contribution in [3.8, 4) is 17.3 Å². The number of nitrogens with one attached hydrogen (secondary N) is 1. The number of benzene rings is 2. The number of nitriles is 1. The molecule has 0 unspecified atom stereocenters. The second-order valence-electron chi connectivity index (χ2n) is 7.53. The van der Waals surface area contributed by atoms with Crippen LogP contribution in [-0.2, 0) is 17.5 Å². The molecule has 0 aliphatic carbocycles. The SMILES string of the molecule is N#C/C(=C\c1cn(Cc2ccccc2)nc1-c1cccnc1)C(=O)Nc1ccccc1C(F)(F)F. The van der Waals surface area contributed by atoms with Gasteiger partial charge in [-0.1, -0.05) is 42.5 Å². The van der Waals surface area contributed by atoms with E-state index in [9.17, 15) is 23.2 Å². The lowest BCUT2D eigenvalue weighted by molar-refractivity contribution is -0.137. The van der Waals surface area contributed by atoms with Crippen molar-refractivity contribution in [2.45, 2.75) is 12.7 Å². The van der Waals surface area contributed by atoms with Gasteiger partial charge in [-0.3, -0.25) is 14.5 Å². The number of rotatable bonds is 6. The van der Waals surface area contributed by atoms with Gasteiger partial charge in [0.15, 0.2) is 0 Å². The van der Waals surface area contributed by atoms with Crippen LogP contribution in [0.15, 0.2) is 90.9 Å². The van der Waals surface area contributed by atoms with Crippen LogP contribution in [-0.4, -0.2) is 20.7 Å². The Kier molecular flexibility index (Phi) is 6.73. The smallest absolute Gasteiger partial charge is 0.321 e. The number of anilines is 1. The second-order valence-corrected chi connectivity index (χ2v) is 7.53. The molecule has 2 aromatic heterocycles. The van der Waals surface area contributed by atoms with Gasteiger partial charge in [0.2, 0.25) is 0 Å². The summed E-state index contributed by atoms with van der Waals surface area (Å²) in [7, 11) is 0. The van der Waals surface area contributed by atoms with Crippen molar-refractivity contribution in [2.75, 3.05) is 5.32 Å². The van der Waals surface area contributed by atoms with Crippen LogP contribution in [0.25, 0.3) is 17.3 Å². The predicted octanol–water partition coefficient (Wildman–Crippen LogP) is 5.56. The number of carbonyl (C=O) groups excluding carboxylic acids is 1. The molecule has 174 valence electrons. The van der Waals surface area contributed by atoms with Crippen molar-refractivity contribution in [1.82, 2.24) is 14.8 Å². The van der Waals surface area contributed by atoms with Crippen LogP contribution in [0.2, 0.25) is 0 Å². The molecule has 0 aliphatic heterocycles. The molecule has 0 fully saturated rings. The lowest BCUT2D eigenvalue weighted by atomic mass is 10.1. The minimum atomic E-state index is -4.66. The minimum absolute atomic E-state index is 0.369. The fourth-order valence-corrected chi connectivity index (χ4v) is 3.45. The van der Waals surface area contributed by atoms with Crippen LogP contribution in [0.3, 0.4) is 0 Å². The summed E-state index contributed by atoms with van der Waals surface area (Å²) in [6.45, 7) is 0.439. The van der Waals surface area contributed by atoms with Crippen molar-refractivity contribution in [3.63, 3.8) is 0 Å². The highest BCUT2D eigenvalue weighted by Crippen LogP contribution is 2.34. The van der Waals surface area contributed by atoms with E-state index in [1.165, 1.54) is 18.2 Å². The molecule has 2 heterocycles. The molecule has 6 nitrogen and oxygen atoms in total. The topological polar surface area (TPSA) is 83.6 Å². The van der Waals surface area contributed by atoms with Gasteiger partial charge in [0.25, 0.3) is 5.91 Å². The van der Waals surface area contributed by atoms with Gasteiger partial charge in [-0.2, -0.15) is 23.5 Å². The number of carbonyl (C=O) groups is 1. The fourth-order valence-electron chi connectivity index (χ4n) is 3.45. The zero-order valence-electron chi connectivity index (χ0n) is 18.2. The van der Waals surface area contributed by atoms with Gasteiger partial charge in [-0.05, 0) is 35.9 Å². The van der Waals surface area contributed by atoms with E-state index in [1.807, 2.05) is 30.3 Å². The quantitative estimate of drug-likeness (QED) is 0.294. The zero-order chi connectivity index (χ0) is 24.8. The van der Waals surface area contributed by atoms with E-state index in [4.69, 9.17) is 0 Å². The average Bonchev–Trinajstić information content (AvgIpc) is 3.25. The predicted molar refractivity (Wildman–Crippen MR) is 125 cm³/mol. The van der Waals surface area contributed by atoms with Crippen LogP contribution in [0.5, 0.6) is 0 Å². The van der Waals surface area contributed by atoms with Crippen molar-refractivity contribution in [2.24, 2.45) is 0 Å². The monoisotopic (exact) mass is 473 g/mol. The number of aromatic nitrogens is 3. The Balaban J connectivity index is 1.70. The van der Waals surface area contributed by atoms with Crippen LogP contribution < -0.4 is 5.32 Å². The largest absolute Gasteiger partial charge is 0.418 e. The Morgan fingerprint density at radius 1 is 1.06 bits per heavy atom. The first-order chi connectivity index (χ1) is 16.8. The summed E-state index contributed by atoms with van der Waals surface area (Å²) < 4.78 is 41.6. The first-order valence-electron chi connectivity index (χ1n) is 10.5. The number of pyridine rings is 1. The highest BCUT2D eigenvalue weighted by molar-refractivity contribution is 6.10. The number of nitrogens with zero attached hydrogens (tertiary/aromatic N) is 4. The van der Waals surface area contributed by atoms with E-state index in [1.54, 1.807) is 41.5 Å². The summed E-state index contributed by atoms with van der Waals surface area (Å²) >= 11 is 0. The normalized spacial score (nSPS) is 11.7. The van der Waals surface area contributed by atoms with E-state index in [2.05, 4.69) is 15.4 Å². The third kappa shape index (κ3) is 5.62. The molecule has 4 rings (SSSR count). The molecule has 0 saturated heterocycles. The first kappa shape index (κ1) is 23.4. The fraction of sp³-hybridized carbons (Fsp3) is 0.0769. The molecular weight excluding hydrogens is 455 g/mol. The molecule has 1 amide bonds. The lowest BCUT2D eigenvalue weighted by Gasteiger charge is -2.13. The molecule has 1 N–H and O–H groups in total. The van der Waals surface area contributed by atoms with E-state index in [0.717, 1.165) is 17.7 Å². The van der Waals surface area contributed by atoms with E-state index in [-0.39, 0.29) is 5.57 Å². The second kappa shape index (κ2) is 10.1. The van der Waals surface area contributed by atoms with Gasteiger partial charge >= 0.3 is 6.18 Å². The molecule has 9 heteroatoms. The Labute approximate surface area is 199 Å². The highest BCUT2D eigenvalue weighted by atomic mass is 19.4. The summed E-state index contributed by atoms with van der Waals surface area (Å²) in [6.07, 6.45) is 1.52. The number of para-hydroxylation sites is 1. The number of hydrogen-bond acceptors (Lipinski definition) is 4. The molecular formula is C26H18F3N5O. The highest BCUT2D eigenvalue weighted by Gasteiger charge is 2.33. The third-order valence-corrected chi connectivity index (χ3v) is 5.06. The van der Waals surface area contributed by atoms with Gasteiger partial charge in [0.1, 0.15) is 17.3 Å². The first-order valence-corrected chi connectivity index (χ1v) is 10.5. The Hall–Kier alpha value is -4.71. The molecule has 35 heavy (non-hydrogen) atoms. The van der Waals surface area contributed by atoms with Gasteiger partial charge in [0.05, 0.1) is 17.8 Å². The van der Waals surface area contributed by atoms with Crippen molar-refractivity contribution in [3.05, 3.63) is 108 Å². The summed E-state index contributed by atoms with van der Waals surface area (Å²) in [5.41, 5.74) is 0.771. The number of alkyl halides is 3.